The lowest BCUT2D eigenvalue weighted by atomic mass is 9.91. The molecule has 14 heavy (non-hydrogen) atoms. The fourth-order valence-corrected chi connectivity index (χ4v) is 1.88. The molecule has 0 atom stereocenters. The highest BCUT2D eigenvalue weighted by Crippen LogP contribution is 2.30. The molecule has 0 spiro atoms. The molecule has 0 N–H and O–H groups in total. The lowest BCUT2D eigenvalue weighted by Gasteiger charge is -2.14. The van der Waals surface area contributed by atoms with Crippen molar-refractivity contribution in [3.8, 4) is 6.07 Å². The monoisotopic (exact) mass is 207 g/mol. The summed E-state index contributed by atoms with van der Waals surface area (Å²) in [6, 6.07) is 4.99. The van der Waals surface area contributed by atoms with E-state index in [1.54, 1.807) is 6.07 Å². The fourth-order valence-electron chi connectivity index (χ4n) is 1.67. The maximum Gasteiger partial charge on any atom is 0.128 e. The van der Waals surface area contributed by atoms with Crippen molar-refractivity contribution in [1.82, 2.24) is 0 Å². The molecule has 0 bridgehead atoms. The first kappa shape index (κ1) is 9.23. The first-order valence-corrected chi connectivity index (χ1v) is 4.68. The van der Waals surface area contributed by atoms with E-state index in [1.165, 1.54) is 6.07 Å². The van der Waals surface area contributed by atoms with E-state index >= 15 is 0 Å². The van der Waals surface area contributed by atoms with Crippen molar-refractivity contribution in [2.75, 3.05) is 0 Å². The average Bonchev–Trinajstić information content (AvgIpc) is 2.17. The van der Waals surface area contributed by atoms with Crippen molar-refractivity contribution in [3.05, 3.63) is 40.2 Å². The molecule has 0 unspecified atom stereocenters. The van der Waals surface area contributed by atoms with Crippen LogP contribution in [0.5, 0.6) is 0 Å². The van der Waals surface area contributed by atoms with Gasteiger partial charge < -0.3 is 0 Å². The van der Waals surface area contributed by atoms with Crippen LogP contribution in [0.1, 0.15) is 17.5 Å². The number of fused-ring (bicyclic) bond motifs is 1. The van der Waals surface area contributed by atoms with Crippen LogP contribution < -0.4 is 0 Å². The maximum atomic E-state index is 13.4. The topological polar surface area (TPSA) is 23.8 Å². The number of allylic oxidation sites excluding steroid dienone is 2. The van der Waals surface area contributed by atoms with Crippen LogP contribution >= 0.6 is 11.6 Å². The summed E-state index contributed by atoms with van der Waals surface area (Å²) in [6.45, 7) is 0. The van der Waals surface area contributed by atoms with Gasteiger partial charge in [-0.15, -0.1) is 0 Å². The van der Waals surface area contributed by atoms with Crippen LogP contribution in [0, 0.1) is 17.1 Å². The number of nitrogens with zero attached hydrogens (tertiary/aromatic N) is 1. The lowest BCUT2D eigenvalue weighted by Crippen LogP contribution is -2.02. The van der Waals surface area contributed by atoms with Gasteiger partial charge in [-0.3, -0.25) is 0 Å². The van der Waals surface area contributed by atoms with Crippen molar-refractivity contribution >= 4 is 17.2 Å². The number of hydrogen-bond donors (Lipinski definition) is 0. The molecule has 0 saturated heterocycles. The summed E-state index contributed by atoms with van der Waals surface area (Å²) < 4.78 is 13.4. The van der Waals surface area contributed by atoms with Gasteiger partial charge in [0.25, 0.3) is 0 Å². The molecule has 1 nitrogen and oxygen atoms in total. The highest BCUT2D eigenvalue weighted by Gasteiger charge is 2.16. The van der Waals surface area contributed by atoms with E-state index in [9.17, 15) is 4.39 Å². The van der Waals surface area contributed by atoms with Gasteiger partial charge in [0.1, 0.15) is 5.82 Å². The minimum absolute atomic E-state index is 0.312. The van der Waals surface area contributed by atoms with Crippen molar-refractivity contribution in [2.24, 2.45) is 0 Å². The summed E-state index contributed by atoms with van der Waals surface area (Å²) in [5, 5.41) is 9.17. The maximum absolute atomic E-state index is 13.4. The van der Waals surface area contributed by atoms with Gasteiger partial charge in [-0.1, -0.05) is 17.7 Å². The molecule has 0 aromatic heterocycles. The second-order valence-corrected chi connectivity index (χ2v) is 3.62. The van der Waals surface area contributed by atoms with Gasteiger partial charge >= 0.3 is 0 Å². The van der Waals surface area contributed by atoms with Crippen molar-refractivity contribution in [3.63, 3.8) is 0 Å². The van der Waals surface area contributed by atoms with Crippen LogP contribution in [0.3, 0.4) is 0 Å². The van der Waals surface area contributed by atoms with Gasteiger partial charge in [0.2, 0.25) is 0 Å². The zero-order chi connectivity index (χ0) is 10.1. The van der Waals surface area contributed by atoms with Gasteiger partial charge in [0, 0.05) is 5.02 Å². The Morgan fingerprint density at radius 1 is 1.43 bits per heavy atom. The van der Waals surface area contributed by atoms with Crippen molar-refractivity contribution in [1.29, 1.82) is 5.26 Å². The molecule has 0 saturated carbocycles. The van der Waals surface area contributed by atoms with Gasteiger partial charge in [0.05, 0.1) is 11.6 Å². The van der Waals surface area contributed by atoms with Crippen LogP contribution in [0.2, 0.25) is 5.02 Å². The number of rotatable bonds is 0. The highest BCUT2D eigenvalue weighted by molar-refractivity contribution is 6.30. The molecule has 0 radical (unpaired) electrons. The Labute approximate surface area is 86.4 Å². The molecule has 1 aliphatic carbocycles. The first-order chi connectivity index (χ1) is 6.72. The van der Waals surface area contributed by atoms with Crippen LogP contribution in [0.15, 0.2) is 18.2 Å². The Balaban J connectivity index is 2.67. The van der Waals surface area contributed by atoms with E-state index < -0.39 is 0 Å². The lowest BCUT2D eigenvalue weighted by molar-refractivity contribution is 0.607. The van der Waals surface area contributed by atoms with Crippen LogP contribution in [-0.4, -0.2) is 0 Å². The third-order valence-corrected chi connectivity index (χ3v) is 2.53. The molecule has 0 heterocycles. The highest BCUT2D eigenvalue weighted by atomic mass is 35.5. The average molecular weight is 208 g/mol. The molecule has 0 aliphatic heterocycles. The van der Waals surface area contributed by atoms with E-state index in [0.29, 0.717) is 34.6 Å². The Bertz CT molecular complexity index is 457. The normalized spacial score (nSPS) is 14.2. The number of hydrogen-bond acceptors (Lipinski definition) is 1. The molecule has 1 aliphatic rings. The van der Waals surface area contributed by atoms with Crippen LogP contribution in [0.4, 0.5) is 4.39 Å². The molecule has 2 rings (SSSR count). The van der Waals surface area contributed by atoms with E-state index in [-0.39, 0.29) is 5.82 Å². The Morgan fingerprint density at radius 2 is 2.21 bits per heavy atom. The van der Waals surface area contributed by atoms with Crippen LogP contribution in [-0.2, 0) is 6.42 Å². The second-order valence-electron chi connectivity index (χ2n) is 3.18. The Hall–Kier alpha value is -1.33. The molecule has 0 fully saturated rings. The molecule has 3 heteroatoms. The zero-order valence-electron chi connectivity index (χ0n) is 7.35. The van der Waals surface area contributed by atoms with E-state index in [4.69, 9.17) is 16.9 Å². The van der Waals surface area contributed by atoms with E-state index in [2.05, 4.69) is 6.07 Å². The standard InChI is InChI=1S/C11H7ClFN/c12-8-4-10-7(6-14)2-1-3-9(10)11(13)5-8/h2,4-5H,1,3H2. The third-order valence-electron chi connectivity index (χ3n) is 2.31. The van der Waals surface area contributed by atoms with Gasteiger partial charge in [-0.2, -0.15) is 5.26 Å². The number of benzene rings is 1. The number of nitriles is 1. The summed E-state index contributed by atoms with van der Waals surface area (Å²) in [5.74, 6) is -0.312. The quantitative estimate of drug-likeness (QED) is 0.640. The molecule has 70 valence electrons. The van der Waals surface area contributed by atoms with Crippen molar-refractivity contribution < 1.29 is 4.39 Å². The molecule has 1 aromatic carbocycles. The minimum Gasteiger partial charge on any atom is -0.207 e. The first-order valence-electron chi connectivity index (χ1n) is 4.31. The molecule has 1 aromatic rings. The summed E-state index contributed by atoms with van der Waals surface area (Å²) in [5.41, 5.74) is 1.77. The molecular formula is C11H7ClFN. The summed E-state index contributed by atoms with van der Waals surface area (Å²) in [4.78, 5) is 0. The summed E-state index contributed by atoms with van der Waals surface area (Å²) in [6.07, 6.45) is 3.18. The molecular weight excluding hydrogens is 201 g/mol. The second kappa shape index (κ2) is 3.43. The number of halogens is 2. The SMILES string of the molecule is N#CC1=CCCc2c(F)cc(Cl)cc21. The van der Waals surface area contributed by atoms with Gasteiger partial charge in [0.15, 0.2) is 0 Å². The van der Waals surface area contributed by atoms with Gasteiger partial charge in [-0.05, 0) is 36.1 Å². The van der Waals surface area contributed by atoms with Crippen LogP contribution in [0.25, 0.3) is 5.57 Å². The third kappa shape index (κ3) is 1.40. The largest absolute Gasteiger partial charge is 0.207 e. The Kier molecular flexibility index (Phi) is 2.26. The predicted octanol–water partition coefficient (Wildman–Crippen LogP) is 3.33. The summed E-state index contributed by atoms with van der Waals surface area (Å²) in [7, 11) is 0. The molecule has 0 amide bonds. The Morgan fingerprint density at radius 3 is 2.93 bits per heavy atom. The van der Waals surface area contributed by atoms with E-state index in [0.717, 1.165) is 0 Å². The van der Waals surface area contributed by atoms with Gasteiger partial charge in [-0.25, -0.2) is 4.39 Å². The van der Waals surface area contributed by atoms with Crippen molar-refractivity contribution in [2.45, 2.75) is 12.8 Å². The summed E-state index contributed by atoms with van der Waals surface area (Å²) >= 11 is 5.73. The zero-order valence-corrected chi connectivity index (χ0v) is 8.11. The smallest absolute Gasteiger partial charge is 0.128 e. The fraction of sp³-hybridized carbons (Fsp3) is 0.182. The minimum atomic E-state index is -0.312. The van der Waals surface area contributed by atoms with E-state index in [1.807, 2.05) is 6.08 Å². The predicted molar refractivity (Wildman–Crippen MR) is 53.3 cm³/mol.